The van der Waals surface area contributed by atoms with Gasteiger partial charge in [0.1, 0.15) is 11.6 Å². The van der Waals surface area contributed by atoms with Crippen molar-refractivity contribution in [1.29, 1.82) is 0 Å². The summed E-state index contributed by atoms with van der Waals surface area (Å²) < 4.78 is 19.1. The van der Waals surface area contributed by atoms with Crippen LogP contribution in [0.3, 0.4) is 0 Å². The van der Waals surface area contributed by atoms with Crippen molar-refractivity contribution in [2.75, 3.05) is 25.5 Å². The fourth-order valence-corrected chi connectivity index (χ4v) is 3.93. The maximum absolute atomic E-state index is 13.7. The fraction of sp³-hybridized carbons (Fsp3) is 0.240. The molecule has 0 bridgehead atoms. The Bertz CT molecular complexity index is 1040. The molecule has 0 aliphatic carbocycles. The number of ether oxygens (including phenoxy) is 1. The number of carbonyl (C=O) groups excluding carboxylic acids is 1. The molecule has 1 heterocycles. The average Bonchev–Trinajstić information content (AvgIpc) is 3.22. The Morgan fingerprint density at radius 2 is 1.81 bits per heavy atom. The zero-order chi connectivity index (χ0) is 21.6. The molecule has 1 fully saturated rings. The summed E-state index contributed by atoms with van der Waals surface area (Å²) in [6.07, 6.45) is 0.865. The summed E-state index contributed by atoms with van der Waals surface area (Å²) in [5.74, 6) is 0.416. The molecule has 5 nitrogen and oxygen atoms in total. The molecule has 0 saturated carbocycles. The largest absolute Gasteiger partial charge is 0.496 e. The zero-order valence-corrected chi connectivity index (χ0v) is 17.5. The van der Waals surface area contributed by atoms with Crippen LogP contribution in [0, 0.1) is 5.82 Å². The van der Waals surface area contributed by atoms with E-state index in [0.29, 0.717) is 0 Å². The van der Waals surface area contributed by atoms with Gasteiger partial charge in [-0.25, -0.2) is 9.18 Å². The van der Waals surface area contributed by atoms with Crippen LogP contribution in [0.15, 0.2) is 72.8 Å². The predicted molar refractivity (Wildman–Crippen MR) is 121 cm³/mol. The minimum absolute atomic E-state index is 0.0413. The van der Waals surface area contributed by atoms with Gasteiger partial charge in [0.25, 0.3) is 0 Å². The van der Waals surface area contributed by atoms with E-state index >= 15 is 0 Å². The maximum Gasteiger partial charge on any atom is 0.319 e. The Morgan fingerprint density at radius 1 is 1.06 bits per heavy atom. The molecular weight excluding hydrogens is 393 g/mol. The van der Waals surface area contributed by atoms with Gasteiger partial charge in [-0.2, -0.15) is 0 Å². The summed E-state index contributed by atoms with van der Waals surface area (Å²) in [4.78, 5) is 14.5. The maximum atomic E-state index is 13.7. The second-order valence-electron chi connectivity index (χ2n) is 7.70. The Balaban J connectivity index is 1.30. The molecule has 1 aliphatic heterocycles. The van der Waals surface area contributed by atoms with Crippen LogP contribution in [0.25, 0.3) is 11.1 Å². The summed E-state index contributed by atoms with van der Waals surface area (Å²) in [5.41, 5.74) is 3.59. The number of carbonyl (C=O) groups is 1. The monoisotopic (exact) mass is 419 g/mol. The van der Waals surface area contributed by atoms with Gasteiger partial charge in [-0.1, -0.05) is 54.6 Å². The lowest BCUT2D eigenvalue weighted by molar-refractivity contribution is 0.247. The van der Waals surface area contributed by atoms with E-state index < -0.39 is 5.82 Å². The minimum atomic E-state index is -0.442. The van der Waals surface area contributed by atoms with Crippen LogP contribution >= 0.6 is 0 Å². The molecule has 2 amide bonds. The fourth-order valence-electron chi connectivity index (χ4n) is 3.93. The number of urea groups is 1. The van der Waals surface area contributed by atoms with Crippen LogP contribution in [-0.2, 0) is 6.54 Å². The number of likely N-dealkylation sites (tertiary alicyclic amines) is 1. The highest BCUT2D eigenvalue weighted by Gasteiger charge is 2.24. The normalized spacial score (nSPS) is 16.1. The standard InChI is InChI=1S/C25H26FN3O2/c1-31-24-9-5-2-6-21(24)19-12-10-18(11-13-19)16-29-15-14-20(17-29)27-25(30)28-23-8-4-3-7-22(23)26/h2-13,20H,14-17H2,1H3,(H2,27,28,30). The Labute approximate surface area is 181 Å². The first-order valence-electron chi connectivity index (χ1n) is 10.4. The van der Waals surface area contributed by atoms with Gasteiger partial charge < -0.3 is 15.4 Å². The quantitative estimate of drug-likeness (QED) is 0.598. The summed E-state index contributed by atoms with van der Waals surface area (Å²) in [5, 5.41) is 5.52. The van der Waals surface area contributed by atoms with E-state index in [0.717, 1.165) is 42.9 Å². The highest BCUT2D eigenvalue weighted by molar-refractivity contribution is 5.89. The molecule has 1 aliphatic rings. The third kappa shape index (κ3) is 5.22. The number of nitrogens with one attached hydrogen (secondary N) is 2. The van der Waals surface area contributed by atoms with Gasteiger partial charge in [0, 0.05) is 31.2 Å². The molecule has 3 aromatic rings. The number of para-hydroxylation sites is 2. The van der Waals surface area contributed by atoms with Crippen molar-refractivity contribution in [3.63, 3.8) is 0 Å². The van der Waals surface area contributed by atoms with Gasteiger partial charge in [-0.15, -0.1) is 0 Å². The third-order valence-electron chi connectivity index (χ3n) is 5.51. The number of anilines is 1. The molecule has 4 rings (SSSR count). The van der Waals surface area contributed by atoms with E-state index in [-0.39, 0.29) is 17.8 Å². The van der Waals surface area contributed by atoms with Crippen LogP contribution in [0.5, 0.6) is 5.75 Å². The van der Waals surface area contributed by atoms with Crippen molar-refractivity contribution >= 4 is 11.7 Å². The highest BCUT2D eigenvalue weighted by atomic mass is 19.1. The SMILES string of the molecule is COc1ccccc1-c1ccc(CN2CCC(NC(=O)Nc3ccccc3F)C2)cc1. The molecule has 0 aromatic heterocycles. The summed E-state index contributed by atoms with van der Waals surface area (Å²) in [6, 6.07) is 22.3. The van der Waals surface area contributed by atoms with E-state index in [9.17, 15) is 9.18 Å². The predicted octanol–water partition coefficient (Wildman–Crippen LogP) is 4.90. The highest BCUT2D eigenvalue weighted by Crippen LogP contribution is 2.29. The van der Waals surface area contributed by atoms with Crippen LogP contribution in [0.2, 0.25) is 0 Å². The second kappa shape index (κ2) is 9.62. The lowest BCUT2D eigenvalue weighted by Crippen LogP contribution is -2.39. The minimum Gasteiger partial charge on any atom is -0.496 e. The zero-order valence-electron chi connectivity index (χ0n) is 17.5. The van der Waals surface area contributed by atoms with Crippen LogP contribution in [0.4, 0.5) is 14.9 Å². The van der Waals surface area contributed by atoms with Gasteiger partial charge >= 0.3 is 6.03 Å². The van der Waals surface area contributed by atoms with E-state index in [2.05, 4.69) is 45.9 Å². The van der Waals surface area contributed by atoms with Gasteiger partial charge in [0.2, 0.25) is 0 Å². The molecule has 1 saturated heterocycles. The van der Waals surface area contributed by atoms with Gasteiger partial charge in [0.15, 0.2) is 0 Å². The van der Waals surface area contributed by atoms with E-state index in [1.54, 1.807) is 25.3 Å². The van der Waals surface area contributed by atoms with Crippen molar-refractivity contribution < 1.29 is 13.9 Å². The van der Waals surface area contributed by atoms with Crippen molar-refractivity contribution in [2.45, 2.75) is 19.0 Å². The molecule has 6 heteroatoms. The number of benzene rings is 3. The number of amides is 2. The first kappa shape index (κ1) is 20.9. The summed E-state index contributed by atoms with van der Waals surface area (Å²) in [7, 11) is 1.68. The molecule has 2 N–H and O–H groups in total. The molecule has 160 valence electrons. The summed E-state index contributed by atoms with van der Waals surface area (Å²) >= 11 is 0. The number of nitrogens with zero attached hydrogens (tertiary/aromatic N) is 1. The third-order valence-corrected chi connectivity index (χ3v) is 5.51. The number of hydrogen-bond donors (Lipinski definition) is 2. The van der Waals surface area contributed by atoms with E-state index in [4.69, 9.17) is 4.74 Å². The van der Waals surface area contributed by atoms with Gasteiger partial charge in [-0.3, -0.25) is 4.90 Å². The smallest absolute Gasteiger partial charge is 0.319 e. The number of halogens is 1. The molecule has 1 unspecified atom stereocenters. The Kier molecular flexibility index (Phi) is 6.48. The number of rotatable bonds is 6. The molecule has 0 radical (unpaired) electrons. The molecule has 3 aromatic carbocycles. The van der Waals surface area contributed by atoms with E-state index in [1.807, 2.05) is 18.2 Å². The van der Waals surface area contributed by atoms with Crippen LogP contribution in [0.1, 0.15) is 12.0 Å². The van der Waals surface area contributed by atoms with Gasteiger partial charge in [-0.05, 0) is 35.7 Å². The average molecular weight is 420 g/mol. The van der Waals surface area contributed by atoms with Crippen LogP contribution < -0.4 is 15.4 Å². The topological polar surface area (TPSA) is 53.6 Å². The first-order valence-corrected chi connectivity index (χ1v) is 10.4. The lowest BCUT2D eigenvalue weighted by atomic mass is 10.0. The van der Waals surface area contributed by atoms with Crippen molar-refractivity contribution in [2.24, 2.45) is 0 Å². The molecule has 0 spiro atoms. The van der Waals surface area contributed by atoms with E-state index in [1.165, 1.54) is 11.6 Å². The lowest BCUT2D eigenvalue weighted by Gasteiger charge is -2.17. The van der Waals surface area contributed by atoms with Crippen molar-refractivity contribution in [3.8, 4) is 16.9 Å². The second-order valence-corrected chi connectivity index (χ2v) is 7.70. The summed E-state index contributed by atoms with van der Waals surface area (Å²) in [6.45, 7) is 2.48. The number of hydrogen-bond acceptors (Lipinski definition) is 3. The Morgan fingerprint density at radius 3 is 2.58 bits per heavy atom. The van der Waals surface area contributed by atoms with Crippen LogP contribution in [-0.4, -0.2) is 37.2 Å². The molecule has 31 heavy (non-hydrogen) atoms. The van der Waals surface area contributed by atoms with Crippen molar-refractivity contribution in [3.05, 3.63) is 84.2 Å². The Hall–Kier alpha value is -3.38. The first-order chi connectivity index (χ1) is 15.1. The van der Waals surface area contributed by atoms with Crippen molar-refractivity contribution in [1.82, 2.24) is 10.2 Å². The number of methoxy groups -OCH3 is 1. The molecule has 1 atom stereocenters. The molecular formula is C25H26FN3O2. The van der Waals surface area contributed by atoms with Gasteiger partial charge in [0.05, 0.1) is 12.8 Å².